The van der Waals surface area contributed by atoms with Gasteiger partial charge in [0.1, 0.15) is 6.04 Å². The summed E-state index contributed by atoms with van der Waals surface area (Å²) in [4.78, 5) is 22.5. The molecule has 4 nitrogen and oxygen atoms in total. The van der Waals surface area contributed by atoms with E-state index in [0.717, 1.165) is 12.1 Å². The summed E-state index contributed by atoms with van der Waals surface area (Å²) >= 11 is 0. The summed E-state index contributed by atoms with van der Waals surface area (Å²) in [5.74, 6) is -3.08. The summed E-state index contributed by atoms with van der Waals surface area (Å²) in [5.41, 5.74) is 5.39. The lowest BCUT2D eigenvalue weighted by Gasteiger charge is -2.13. The number of hydrogen-bond donors (Lipinski definition) is 2. The smallest absolute Gasteiger partial charge is 0.239 e. The van der Waals surface area contributed by atoms with E-state index in [1.807, 2.05) is 0 Å². The number of amides is 2. The van der Waals surface area contributed by atoms with Crippen LogP contribution < -0.4 is 11.1 Å². The first-order chi connectivity index (χ1) is 8.43. The fourth-order valence-corrected chi connectivity index (χ4v) is 1.45. The standard InChI is InChI=1S/C12H14F2N2O2/c1-2-10(12(15)18)16-11(17)6-7-3-4-8(13)9(14)5-7/h3-5,10H,2,6H2,1H3,(H2,15,18)(H,16,17)/t10-/m1/s1. The molecule has 0 aliphatic carbocycles. The van der Waals surface area contributed by atoms with Gasteiger partial charge in [0, 0.05) is 0 Å². The summed E-state index contributed by atoms with van der Waals surface area (Å²) in [6.45, 7) is 1.70. The molecule has 0 aliphatic heterocycles. The maximum Gasteiger partial charge on any atom is 0.239 e. The predicted molar refractivity (Wildman–Crippen MR) is 61.5 cm³/mol. The second kappa shape index (κ2) is 6.09. The molecule has 0 heterocycles. The van der Waals surface area contributed by atoms with Gasteiger partial charge in [-0.15, -0.1) is 0 Å². The molecular formula is C12H14F2N2O2. The van der Waals surface area contributed by atoms with Crippen molar-refractivity contribution in [2.75, 3.05) is 0 Å². The Bertz CT molecular complexity index is 463. The van der Waals surface area contributed by atoms with Gasteiger partial charge >= 0.3 is 0 Å². The Morgan fingerprint density at radius 3 is 2.50 bits per heavy atom. The number of nitrogens with two attached hydrogens (primary N) is 1. The number of rotatable bonds is 5. The number of carbonyl (C=O) groups excluding carboxylic acids is 2. The Balaban J connectivity index is 2.64. The third-order valence-corrected chi connectivity index (χ3v) is 2.44. The molecule has 6 heteroatoms. The second-order valence-corrected chi connectivity index (χ2v) is 3.86. The zero-order valence-corrected chi connectivity index (χ0v) is 9.87. The Hall–Kier alpha value is -1.98. The van der Waals surface area contributed by atoms with Gasteiger partial charge in [0.15, 0.2) is 11.6 Å². The summed E-state index contributed by atoms with van der Waals surface area (Å²) in [6.07, 6.45) is 0.236. The van der Waals surface area contributed by atoms with E-state index in [4.69, 9.17) is 5.73 Å². The first-order valence-electron chi connectivity index (χ1n) is 5.46. The average Bonchev–Trinajstić information content (AvgIpc) is 2.30. The Labute approximate surface area is 103 Å². The van der Waals surface area contributed by atoms with Crippen LogP contribution in [0.5, 0.6) is 0 Å². The van der Waals surface area contributed by atoms with E-state index in [0.29, 0.717) is 12.0 Å². The number of halogens is 2. The van der Waals surface area contributed by atoms with E-state index in [1.54, 1.807) is 6.92 Å². The van der Waals surface area contributed by atoms with Crippen LogP contribution in [0.3, 0.4) is 0 Å². The van der Waals surface area contributed by atoms with E-state index in [-0.39, 0.29) is 6.42 Å². The minimum absolute atomic E-state index is 0.138. The maximum atomic E-state index is 12.9. The molecule has 0 unspecified atom stereocenters. The maximum absolute atomic E-state index is 12.9. The third-order valence-electron chi connectivity index (χ3n) is 2.44. The molecule has 0 bridgehead atoms. The van der Waals surface area contributed by atoms with Crippen molar-refractivity contribution >= 4 is 11.8 Å². The van der Waals surface area contributed by atoms with E-state index in [1.165, 1.54) is 6.07 Å². The summed E-state index contributed by atoms with van der Waals surface area (Å²) in [6, 6.07) is 2.45. The predicted octanol–water partition coefficient (Wildman–Crippen LogP) is 0.887. The van der Waals surface area contributed by atoms with Crippen molar-refractivity contribution in [3.05, 3.63) is 35.4 Å². The molecule has 2 amide bonds. The van der Waals surface area contributed by atoms with Crippen LogP contribution in [0.4, 0.5) is 8.78 Å². The van der Waals surface area contributed by atoms with Gasteiger partial charge in [0.2, 0.25) is 11.8 Å². The van der Waals surface area contributed by atoms with Crippen molar-refractivity contribution < 1.29 is 18.4 Å². The fourth-order valence-electron chi connectivity index (χ4n) is 1.45. The Kier molecular flexibility index (Phi) is 4.76. The molecule has 0 aliphatic rings. The lowest BCUT2D eigenvalue weighted by Crippen LogP contribution is -2.44. The minimum Gasteiger partial charge on any atom is -0.368 e. The highest BCUT2D eigenvalue weighted by Crippen LogP contribution is 2.09. The normalized spacial score (nSPS) is 11.9. The molecule has 3 N–H and O–H groups in total. The number of nitrogens with one attached hydrogen (secondary N) is 1. The largest absolute Gasteiger partial charge is 0.368 e. The third kappa shape index (κ3) is 3.80. The van der Waals surface area contributed by atoms with Crippen molar-refractivity contribution in [1.82, 2.24) is 5.32 Å². The van der Waals surface area contributed by atoms with Gasteiger partial charge < -0.3 is 11.1 Å². The topological polar surface area (TPSA) is 72.2 Å². The molecule has 1 aromatic carbocycles. The molecular weight excluding hydrogens is 242 g/mol. The van der Waals surface area contributed by atoms with Crippen LogP contribution in [0.25, 0.3) is 0 Å². The van der Waals surface area contributed by atoms with E-state index in [2.05, 4.69) is 5.32 Å². The van der Waals surface area contributed by atoms with Crippen molar-refractivity contribution in [2.24, 2.45) is 5.73 Å². The number of carbonyl (C=O) groups is 2. The van der Waals surface area contributed by atoms with Crippen molar-refractivity contribution in [1.29, 1.82) is 0 Å². The zero-order valence-electron chi connectivity index (χ0n) is 9.87. The number of primary amides is 1. The second-order valence-electron chi connectivity index (χ2n) is 3.86. The number of hydrogen-bond acceptors (Lipinski definition) is 2. The zero-order chi connectivity index (χ0) is 13.7. The van der Waals surface area contributed by atoms with Crippen LogP contribution in [0.2, 0.25) is 0 Å². The minimum atomic E-state index is -1.01. The van der Waals surface area contributed by atoms with Crippen LogP contribution in [-0.4, -0.2) is 17.9 Å². The molecule has 98 valence electrons. The van der Waals surface area contributed by atoms with Crippen molar-refractivity contribution in [2.45, 2.75) is 25.8 Å². The summed E-state index contributed by atoms with van der Waals surface area (Å²) in [5, 5.41) is 2.42. The van der Waals surface area contributed by atoms with Gasteiger partial charge in [-0.1, -0.05) is 13.0 Å². The molecule has 1 rings (SSSR count). The van der Waals surface area contributed by atoms with Gasteiger partial charge in [0.25, 0.3) is 0 Å². The van der Waals surface area contributed by atoms with Crippen LogP contribution in [0, 0.1) is 11.6 Å². The average molecular weight is 256 g/mol. The molecule has 0 spiro atoms. The van der Waals surface area contributed by atoms with Crippen LogP contribution >= 0.6 is 0 Å². The van der Waals surface area contributed by atoms with E-state index in [9.17, 15) is 18.4 Å². The lowest BCUT2D eigenvalue weighted by molar-refractivity contribution is -0.127. The molecule has 0 radical (unpaired) electrons. The first kappa shape index (κ1) is 14.1. The molecule has 0 fully saturated rings. The Morgan fingerprint density at radius 2 is 2.00 bits per heavy atom. The van der Waals surface area contributed by atoms with E-state index >= 15 is 0 Å². The van der Waals surface area contributed by atoms with Crippen molar-refractivity contribution in [3.8, 4) is 0 Å². The number of benzene rings is 1. The monoisotopic (exact) mass is 256 g/mol. The van der Waals surface area contributed by atoms with E-state index < -0.39 is 29.5 Å². The highest BCUT2D eigenvalue weighted by Gasteiger charge is 2.16. The molecule has 0 aromatic heterocycles. The quantitative estimate of drug-likeness (QED) is 0.821. The van der Waals surface area contributed by atoms with Gasteiger partial charge in [-0.05, 0) is 24.1 Å². The highest BCUT2D eigenvalue weighted by molar-refractivity contribution is 5.87. The van der Waals surface area contributed by atoms with Gasteiger partial charge in [-0.25, -0.2) is 8.78 Å². The summed E-state index contributed by atoms with van der Waals surface area (Å²) < 4.78 is 25.6. The van der Waals surface area contributed by atoms with Crippen LogP contribution in [-0.2, 0) is 16.0 Å². The summed E-state index contributed by atoms with van der Waals surface area (Å²) in [7, 11) is 0. The fraction of sp³-hybridized carbons (Fsp3) is 0.333. The first-order valence-corrected chi connectivity index (χ1v) is 5.46. The van der Waals surface area contributed by atoms with Gasteiger partial charge in [0.05, 0.1) is 6.42 Å². The van der Waals surface area contributed by atoms with Gasteiger partial charge in [-0.2, -0.15) is 0 Å². The van der Waals surface area contributed by atoms with Gasteiger partial charge in [-0.3, -0.25) is 9.59 Å². The molecule has 1 atom stereocenters. The van der Waals surface area contributed by atoms with Crippen LogP contribution in [0.1, 0.15) is 18.9 Å². The highest BCUT2D eigenvalue weighted by atomic mass is 19.2. The molecule has 0 saturated carbocycles. The molecule has 1 aromatic rings. The molecule has 0 saturated heterocycles. The van der Waals surface area contributed by atoms with Crippen molar-refractivity contribution in [3.63, 3.8) is 0 Å². The Morgan fingerprint density at radius 1 is 1.33 bits per heavy atom. The SMILES string of the molecule is CC[C@@H](NC(=O)Cc1ccc(F)c(F)c1)C(N)=O. The molecule has 18 heavy (non-hydrogen) atoms. The van der Waals surface area contributed by atoms with Crippen LogP contribution in [0.15, 0.2) is 18.2 Å². The lowest BCUT2D eigenvalue weighted by atomic mass is 10.1.